The van der Waals surface area contributed by atoms with Crippen molar-refractivity contribution in [1.29, 1.82) is 0 Å². The van der Waals surface area contributed by atoms with Gasteiger partial charge >= 0.3 is 17.9 Å². The smallest absolute Gasteiger partial charge is 0.343 e. The van der Waals surface area contributed by atoms with Crippen molar-refractivity contribution in [2.45, 2.75) is 13.3 Å². The maximum Gasteiger partial charge on any atom is 0.343 e. The SMILES string of the molecule is C=CC(=O)Oc1ccc(C(=O)Oc2ccc(OC(=O)c3ccc(OC)cc3)cc2CC)cc1. The van der Waals surface area contributed by atoms with Crippen LogP contribution >= 0.6 is 0 Å². The minimum absolute atomic E-state index is 0.283. The van der Waals surface area contributed by atoms with Gasteiger partial charge in [-0.2, -0.15) is 0 Å². The van der Waals surface area contributed by atoms with Crippen LogP contribution in [0.2, 0.25) is 0 Å². The van der Waals surface area contributed by atoms with Gasteiger partial charge in [-0.15, -0.1) is 0 Å². The van der Waals surface area contributed by atoms with Gasteiger partial charge in [-0.25, -0.2) is 14.4 Å². The molecule has 3 aromatic rings. The number of methoxy groups -OCH3 is 1. The van der Waals surface area contributed by atoms with Crippen LogP contribution < -0.4 is 18.9 Å². The van der Waals surface area contributed by atoms with Gasteiger partial charge in [0.05, 0.1) is 18.2 Å². The summed E-state index contributed by atoms with van der Waals surface area (Å²) in [6.07, 6.45) is 1.60. The molecule has 0 N–H and O–H groups in total. The molecule has 0 unspecified atom stereocenters. The van der Waals surface area contributed by atoms with Crippen LogP contribution in [0.15, 0.2) is 79.4 Å². The van der Waals surface area contributed by atoms with Crippen LogP contribution in [0.25, 0.3) is 0 Å². The van der Waals surface area contributed by atoms with E-state index in [0.29, 0.717) is 34.8 Å². The van der Waals surface area contributed by atoms with E-state index in [9.17, 15) is 14.4 Å². The van der Waals surface area contributed by atoms with E-state index in [-0.39, 0.29) is 11.3 Å². The highest BCUT2D eigenvalue weighted by molar-refractivity contribution is 5.92. The van der Waals surface area contributed by atoms with Gasteiger partial charge in [-0.05, 0) is 78.7 Å². The van der Waals surface area contributed by atoms with Crippen LogP contribution in [0.4, 0.5) is 0 Å². The summed E-state index contributed by atoms with van der Waals surface area (Å²) >= 11 is 0. The predicted molar refractivity (Wildman–Crippen MR) is 121 cm³/mol. The highest BCUT2D eigenvalue weighted by Crippen LogP contribution is 2.27. The van der Waals surface area contributed by atoms with Crippen LogP contribution in [-0.2, 0) is 11.2 Å². The molecule has 0 aromatic heterocycles. The Balaban J connectivity index is 1.68. The van der Waals surface area contributed by atoms with Crippen LogP contribution in [0.5, 0.6) is 23.0 Å². The Morgan fingerprint density at radius 3 is 1.85 bits per heavy atom. The molecule has 0 heterocycles. The zero-order valence-electron chi connectivity index (χ0n) is 18.2. The van der Waals surface area contributed by atoms with Gasteiger partial charge in [-0.1, -0.05) is 13.5 Å². The number of carbonyl (C=O) groups excluding carboxylic acids is 3. The molecule has 0 amide bonds. The summed E-state index contributed by atoms with van der Waals surface area (Å²) in [4.78, 5) is 36.2. The van der Waals surface area contributed by atoms with Crippen molar-refractivity contribution in [2.24, 2.45) is 0 Å². The summed E-state index contributed by atoms with van der Waals surface area (Å²) in [6, 6.07) is 17.3. The standard InChI is InChI=1S/C26H22O7/c1-4-17-16-22(32-25(28)18-6-10-20(30-3)11-7-18)14-15-23(17)33-26(29)19-8-12-21(13-9-19)31-24(27)5-2/h5-16H,2,4H2,1,3H3. The Morgan fingerprint density at radius 1 is 0.758 bits per heavy atom. The summed E-state index contributed by atoms with van der Waals surface area (Å²) in [5, 5.41) is 0. The number of esters is 3. The van der Waals surface area contributed by atoms with Crippen molar-refractivity contribution in [1.82, 2.24) is 0 Å². The van der Waals surface area contributed by atoms with Crippen molar-refractivity contribution in [3.05, 3.63) is 96.1 Å². The van der Waals surface area contributed by atoms with E-state index < -0.39 is 17.9 Å². The lowest BCUT2D eigenvalue weighted by Gasteiger charge is -2.12. The van der Waals surface area contributed by atoms with Gasteiger partial charge in [-0.3, -0.25) is 0 Å². The molecule has 33 heavy (non-hydrogen) atoms. The molecule has 0 aliphatic rings. The number of aryl methyl sites for hydroxylation is 1. The fourth-order valence-electron chi connectivity index (χ4n) is 2.86. The monoisotopic (exact) mass is 446 g/mol. The molecule has 3 rings (SSSR count). The summed E-state index contributed by atoms with van der Waals surface area (Å²) < 4.78 is 21.0. The number of hydrogen-bond acceptors (Lipinski definition) is 7. The van der Waals surface area contributed by atoms with Crippen LogP contribution in [0, 0.1) is 0 Å². The first-order valence-electron chi connectivity index (χ1n) is 10.1. The predicted octanol–water partition coefficient (Wildman–Crippen LogP) is 4.79. The van der Waals surface area contributed by atoms with Gasteiger partial charge in [0, 0.05) is 6.08 Å². The Labute approximate surface area is 191 Å². The molecule has 0 saturated carbocycles. The highest BCUT2D eigenvalue weighted by atomic mass is 16.5. The third kappa shape index (κ3) is 6.07. The first-order chi connectivity index (χ1) is 15.9. The third-order valence-electron chi connectivity index (χ3n) is 4.63. The van der Waals surface area contributed by atoms with E-state index in [2.05, 4.69) is 6.58 Å². The topological polar surface area (TPSA) is 88.1 Å². The van der Waals surface area contributed by atoms with Gasteiger partial charge < -0.3 is 18.9 Å². The molecule has 7 nitrogen and oxygen atoms in total. The van der Waals surface area contributed by atoms with E-state index in [1.165, 1.54) is 24.3 Å². The van der Waals surface area contributed by atoms with E-state index in [1.807, 2.05) is 6.92 Å². The number of benzene rings is 3. The maximum absolute atomic E-state index is 12.5. The molecule has 0 saturated heterocycles. The molecule has 0 spiro atoms. The molecule has 0 radical (unpaired) electrons. The van der Waals surface area contributed by atoms with Crippen molar-refractivity contribution in [2.75, 3.05) is 7.11 Å². The zero-order valence-corrected chi connectivity index (χ0v) is 18.2. The Morgan fingerprint density at radius 2 is 1.30 bits per heavy atom. The van der Waals surface area contributed by atoms with E-state index in [0.717, 1.165) is 6.08 Å². The average molecular weight is 446 g/mol. The minimum atomic E-state index is -0.592. The summed E-state index contributed by atoms with van der Waals surface area (Å²) in [6.45, 7) is 5.22. The van der Waals surface area contributed by atoms with Gasteiger partial charge in [0.1, 0.15) is 23.0 Å². The second kappa shape index (κ2) is 10.8. The van der Waals surface area contributed by atoms with Crippen molar-refractivity contribution in [3.8, 4) is 23.0 Å². The lowest BCUT2D eigenvalue weighted by molar-refractivity contribution is -0.128. The van der Waals surface area contributed by atoms with Gasteiger partial charge in [0.15, 0.2) is 0 Å². The Hall–Kier alpha value is -4.39. The second-order valence-electron chi connectivity index (χ2n) is 6.78. The lowest BCUT2D eigenvalue weighted by Crippen LogP contribution is -2.11. The van der Waals surface area contributed by atoms with Crippen molar-refractivity contribution in [3.63, 3.8) is 0 Å². The minimum Gasteiger partial charge on any atom is -0.497 e. The molecule has 0 fully saturated rings. The largest absolute Gasteiger partial charge is 0.497 e. The Bertz CT molecular complexity index is 1160. The van der Waals surface area contributed by atoms with E-state index in [4.69, 9.17) is 18.9 Å². The molecule has 168 valence electrons. The zero-order chi connectivity index (χ0) is 23.8. The lowest BCUT2D eigenvalue weighted by atomic mass is 10.1. The highest BCUT2D eigenvalue weighted by Gasteiger charge is 2.15. The second-order valence-corrected chi connectivity index (χ2v) is 6.78. The number of ether oxygens (including phenoxy) is 4. The van der Waals surface area contributed by atoms with E-state index in [1.54, 1.807) is 49.6 Å². The third-order valence-corrected chi connectivity index (χ3v) is 4.63. The first kappa shape index (κ1) is 23.3. The molecule has 0 bridgehead atoms. The summed E-state index contributed by atoms with van der Waals surface area (Å²) in [7, 11) is 1.55. The fraction of sp³-hybridized carbons (Fsp3) is 0.115. The normalized spacial score (nSPS) is 10.1. The van der Waals surface area contributed by atoms with Crippen molar-refractivity contribution >= 4 is 17.9 Å². The number of carbonyl (C=O) groups is 3. The molecule has 0 aliphatic heterocycles. The van der Waals surface area contributed by atoms with Crippen LogP contribution in [0.3, 0.4) is 0 Å². The van der Waals surface area contributed by atoms with E-state index >= 15 is 0 Å². The summed E-state index contributed by atoms with van der Waals surface area (Å²) in [5.41, 5.74) is 1.36. The number of rotatable bonds is 8. The molecule has 0 aliphatic carbocycles. The fourth-order valence-corrected chi connectivity index (χ4v) is 2.86. The summed E-state index contributed by atoms with van der Waals surface area (Å²) in [5.74, 6) is -0.0661. The molecule has 3 aromatic carbocycles. The number of hydrogen-bond donors (Lipinski definition) is 0. The van der Waals surface area contributed by atoms with Crippen molar-refractivity contribution < 1.29 is 33.3 Å². The molecule has 7 heteroatoms. The van der Waals surface area contributed by atoms with Crippen LogP contribution in [-0.4, -0.2) is 25.0 Å². The average Bonchev–Trinajstić information content (AvgIpc) is 2.85. The van der Waals surface area contributed by atoms with Gasteiger partial charge in [0.2, 0.25) is 0 Å². The molecule has 0 atom stereocenters. The molecular weight excluding hydrogens is 424 g/mol. The molecular formula is C26H22O7. The quantitative estimate of drug-likeness (QED) is 0.279. The first-order valence-corrected chi connectivity index (χ1v) is 10.1. The van der Waals surface area contributed by atoms with Gasteiger partial charge in [0.25, 0.3) is 0 Å². The van der Waals surface area contributed by atoms with Crippen LogP contribution in [0.1, 0.15) is 33.2 Å². The Kier molecular flexibility index (Phi) is 7.60. The maximum atomic E-state index is 12.5.